The van der Waals surface area contributed by atoms with E-state index in [1.165, 1.54) is 6.07 Å². The molecule has 0 bridgehead atoms. The number of amides is 1. The molecule has 0 aliphatic rings. The summed E-state index contributed by atoms with van der Waals surface area (Å²) in [6.45, 7) is 5.91. The predicted molar refractivity (Wildman–Crippen MR) is 85.3 cm³/mol. The van der Waals surface area contributed by atoms with Crippen molar-refractivity contribution in [1.29, 1.82) is 0 Å². The van der Waals surface area contributed by atoms with Gasteiger partial charge in [0.2, 0.25) is 0 Å². The van der Waals surface area contributed by atoms with Crippen LogP contribution in [0.1, 0.15) is 56.0 Å². The third-order valence-corrected chi connectivity index (χ3v) is 4.84. The topological polar surface area (TPSA) is 63.2 Å². The zero-order valence-corrected chi connectivity index (χ0v) is 14.2. The second-order valence-corrected chi connectivity index (χ2v) is 7.52. The molecule has 118 valence electrons. The number of benzene rings is 1. The molecule has 0 heterocycles. The van der Waals surface area contributed by atoms with Crippen LogP contribution in [0.15, 0.2) is 23.1 Å². The van der Waals surface area contributed by atoms with E-state index < -0.39 is 9.05 Å². The summed E-state index contributed by atoms with van der Waals surface area (Å²) in [6, 6.07) is 4.74. The van der Waals surface area contributed by atoms with E-state index in [0.29, 0.717) is 17.5 Å². The molecule has 21 heavy (non-hydrogen) atoms. The molecule has 1 amide bonds. The van der Waals surface area contributed by atoms with Crippen LogP contribution in [0.5, 0.6) is 0 Å². The van der Waals surface area contributed by atoms with Crippen molar-refractivity contribution in [1.82, 2.24) is 5.32 Å². The lowest BCUT2D eigenvalue weighted by atomic mass is 10.1. The van der Waals surface area contributed by atoms with E-state index in [0.717, 1.165) is 19.3 Å². The first-order valence-electron chi connectivity index (χ1n) is 7.21. The lowest BCUT2D eigenvalue weighted by molar-refractivity contribution is 0.0933. The van der Waals surface area contributed by atoms with Gasteiger partial charge >= 0.3 is 0 Å². The Morgan fingerprint density at radius 2 is 1.95 bits per heavy atom. The normalized spacial score (nSPS) is 13.0. The van der Waals surface area contributed by atoms with Crippen LogP contribution >= 0.6 is 10.7 Å². The Morgan fingerprint density at radius 1 is 1.29 bits per heavy atom. The lowest BCUT2D eigenvalue weighted by Crippen LogP contribution is -2.34. The van der Waals surface area contributed by atoms with Crippen molar-refractivity contribution in [3.63, 3.8) is 0 Å². The third kappa shape index (κ3) is 5.00. The number of halogens is 1. The van der Waals surface area contributed by atoms with E-state index in [1.807, 2.05) is 13.8 Å². The van der Waals surface area contributed by atoms with Gasteiger partial charge in [0.05, 0.1) is 4.90 Å². The Bertz CT molecular complexity index is 599. The monoisotopic (exact) mass is 331 g/mol. The zero-order valence-electron chi connectivity index (χ0n) is 12.6. The highest BCUT2D eigenvalue weighted by Gasteiger charge is 2.18. The van der Waals surface area contributed by atoms with Crippen LogP contribution < -0.4 is 5.32 Å². The first-order valence-corrected chi connectivity index (χ1v) is 9.52. The van der Waals surface area contributed by atoms with Gasteiger partial charge in [0.1, 0.15) is 0 Å². The molecule has 1 aromatic carbocycles. The first-order chi connectivity index (χ1) is 9.83. The second-order valence-electron chi connectivity index (χ2n) is 4.98. The molecule has 1 atom stereocenters. The molecule has 6 heteroatoms. The summed E-state index contributed by atoms with van der Waals surface area (Å²) >= 11 is 0. The standard InChI is InChI=1S/C15H22ClNO3S/c1-4-7-13(6-3)17-15(18)12-9-8-11(5-2)14(10-12)21(16,19)20/h8-10,13H,4-7H2,1-3H3,(H,17,18). The SMILES string of the molecule is CCCC(CC)NC(=O)c1ccc(CC)c(S(=O)(=O)Cl)c1. The van der Waals surface area contributed by atoms with Crippen molar-refractivity contribution in [2.75, 3.05) is 0 Å². The highest BCUT2D eigenvalue weighted by atomic mass is 35.7. The largest absolute Gasteiger partial charge is 0.349 e. The number of nitrogens with one attached hydrogen (secondary N) is 1. The van der Waals surface area contributed by atoms with Crippen molar-refractivity contribution in [3.8, 4) is 0 Å². The van der Waals surface area contributed by atoms with Gasteiger partial charge in [0.25, 0.3) is 15.0 Å². The lowest BCUT2D eigenvalue weighted by Gasteiger charge is -2.16. The highest BCUT2D eigenvalue weighted by molar-refractivity contribution is 8.13. The van der Waals surface area contributed by atoms with Crippen molar-refractivity contribution < 1.29 is 13.2 Å². The Hall–Kier alpha value is -1.07. The van der Waals surface area contributed by atoms with Crippen molar-refractivity contribution in [2.24, 2.45) is 0 Å². The molecular formula is C15H22ClNO3S. The zero-order chi connectivity index (χ0) is 16.0. The fourth-order valence-corrected chi connectivity index (χ4v) is 3.43. The highest BCUT2D eigenvalue weighted by Crippen LogP contribution is 2.22. The quantitative estimate of drug-likeness (QED) is 0.778. The fourth-order valence-electron chi connectivity index (χ4n) is 2.21. The third-order valence-electron chi connectivity index (χ3n) is 3.44. The number of carbonyl (C=O) groups excluding carboxylic acids is 1. The summed E-state index contributed by atoms with van der Waals surface area (Å²) < 4.78 is 23.2. The minimum atomic E-state index is -3.85. The molecule has 0 aliphatic heterocycles. The number of hydrogen-bond donors (Lipinski definition) is 1. The minimum Gasteiger partial charge on any atom is -0.349 e. The van der Waals surface area contributed by atoms with E-state index in [4.69, 9.17) is 10.7 Å². The van der Waals surface area contributed by atoms with Gasteiger partial charge in [0.15, 0.2) is 0 Å². The van der Waals surface area contributed by atoms with Gasteiger partial charge in [-0.05, 0) is 37.0 Å². The Morgan fingerprint density at radius 3 is 2.43 bits per heavy atom. The Balaban J connectivity index is 3.06. The molecule has 0 radical (unpaired) electrons. The number of rotatable bonds is 7. The second kappa shape index (κ2) is 7.80. The van der Waals surface area contributed by atoms with Crippen LogP contribution in [0, 0.1) is 0 Å². The van der Waals surface area contributed by atoms with Gasteiger partial charge in [-0.1, -0.05) is 33.3 Å². The molecule has 0 saturated carbocycles. The summed E-state index contributed by atoms with van der Waals surface area (Å²) in [7, 11) is 1.59. The molecule has 4 nitrogen and oxygen atoms in total. The number of aryl methyl sites for hydroxylation is 1. The van der Waals surface area contributed by atoms with Crippen LogP contribution in [0.25, 0.3) is 0 Å². The predicted octanol–water partition coefficient (Wildman–Crippen LogP) is 3.49. The Kier molecular flexibility index (Phi) is 6.68. The average Bonchev–Trinajstić information content (AvgIpc) is 2.44. The van der Waals surface area contributed by atoms with E-state index >= 15 is 0 Å². The molecule has 1 unspecified atom stereocenters. The van der Waals surface area contributed by atoms with Gasteiger partial charge in [-0.25, -0.2) is 8.42 Å². The molecule has 0 spiro atoms. The molecule has 0 aromatic heterocycles. The van der Waals surface area contributed by atoms with Crippen molar-refractivity contribution >= 4 is 25.6 Å². The fraction of sp³-hybridized carbons (Fsp3) is 0.533. The van der Waals surface area contributed by atoms with Crippen LogP contribution in [-0.4, -0.2) is 20.4 Å². The molecular weight excluding hydrogens is 310 g/mol. The summed E-state index contributed by atoms with van der Waals surface area (Å²) in [6.07, 6.45) is 3.26. The maximum Gasteiger partial charge on any atom is 0.261 e. The van der Waals surface area contributed by atoms with Crippen molar-refractivity contribution in [3.05, 3.63) is 29.3 Å². The molecule has 0 fully saturated rings. The van der Waals surface area contributed by atoms with E-state index in [1.54, 1.807) is 12.1 Å². The van der Waals surface area contributed by atoms with Crippen molar-refractivity contribution in [2.45, 2.75) is 57.4 Å². The van der Waals surface area contributed by atoms with Gasteiger partial charge in [0, 0.05) is 22.3 Å². The van der Waals surface area contributed by atoms with Gasteiger partial charge in [-0.3, -0.25) is 4.79 Å². The number of hydrogen-bond acceptors (Lipinski definition) is 3. The maximum absolute atomic E-state index is 12.2. The van der Waals surface area contributed by atoms with Crippen LogP contribution in [-0.2, 0) is 15.5 Å². The van der Waals surface area contributed by atoms with Crippen LogP contribution in [0.4, 0.5) is 0 Å². The summed E-state index contributed by atoms with van der Waals surface area (Å²) in [5, 5.41) is 2.92. The Labute approximate surface area is 131 Å². The van der Waals surface area contributed by atoms with E-state index in [9.17, 15) is 13.2 Å². The number of carbonyl (C=O) groups is 1. The van der Waals surface area contributed by atoms with E-state index in [-0.39, 0.29) is 16.8 Å². The smallest absolute Gasteiger partial charge is 0.261 e. The summed E-state index contributed by atoms with van der Waals surface area (Å²) in [4.78, 5) is 12.2. The van der Waals surface area contributed by atoms with E-state index in [2.05, 4.69) is 12.2 Å². The van der Waals surface area contributed by atoms with Gasteiger partial charge in [-0.2, -0.15) is 0 Å². The molecule has 1 aromatic rings. The molecule has 0 saturated heterocycles. The molecule has 0 aliphatic carbocycles. The molecule has 1 rings (SSSR count). The van der Waals surface area contributed by atoms with Gasteiger partial charge < -0.3 is 5.32 Å². The van der Waals surface area contributed by atoms with Gasteiger partial charge in [-0.15, -0.1) is 0 Å². The summed E-state index contributed by atoms with van der Waals surface area (Å²) in [5.74, 6) is -0.264. The minimum absolute atomic E-state index is 0.0165. The van der Waals surface area contributed by atoms with Crippen LogP contribution in [0.2, 0.25) is 0 Å². The molecule has 1 N–H and O–H groups in total. The maximum atomic E-state index is 12.2. The first kappa shape index (κ1) is 18.0. The van der Waals surface area contributed by atoms with Crippen LogP contribution in [0.3, 0.4) is 0 Å². The summed E-state index contributed by atoms with van der Waals surface area (Å²) in [5.41, 5.74) is 0.933. The average molecular weight is 332 g/mol.